The van der Waals surface area contributed by atoms with E-state index in [1.54, 1.807) is 40.2 Å². The molecular formula is C26H30N4O4. The van der Waals surface area contributed by atoms with Gasteiger partial charge in [-0.15, -0.1) is 0 Å². The molecule has 8 nitrogen and oxygen atoms in total. The molecule has 1 fully saturated rings. The quantitative estimate of drug-likeness (QED) is 0.576. The van der Waals surface area contributed by atoms with Gasteiger partial charge < -0.3 is 19.2 Å². The molecule has 0 unspecified atom stereocenters. The van der Waals surface area contributed by atoms with Crippen LogP contribution in [-0.4, -0.2) is 32.8 Å². The third-order valence-electron chi connectivity index (χ3n) is 5.97. The summed E-state index contributed by atoms with van der Waals surface area (Å²) in [6.45, 7) is 5.36. The fraction of sp³-hybridized carbons (Fsp3) is 0.385. The first-order valence-corrected chi connectivity index (χ1v) is 11.7. The summed E-state index contributed by atoms with van der Waals surface area (Å²) in [4.78, 5) is 46.0. The van der Waals surface area contributed by atoms with Crippen molar-refractivity contribution in [3.8, 4) is 0 Å². The number of nitrogens with one attached hydrogen (secondary N) is 1. The SMILES string of the molecule is CC(C)Cn1cc(C(=O)NCc2ccco2)c(=O)c(C(=O)N2CCCC[C@H]2c2cccnc2)c1. The van der Waals surface area contributed by atoms with Gasteiger partial charge in [-0.1, -0.05) is 19.9 Å². The number of nitrogens with zero attached hydrogens (tertiary/aromatic N) is 3. The number of likely N-dealkylation sites (tertiary alicyclic amines) is 1. The third-order valence-corrected chi connectivity index (χ3v) is 5.97. The van der Waals surface area contributed by atoms with E-state index in [1.165, 1.54) is 12.5 Å². The molecule has 0 radical (unpaired) electrons. The minimum absolute atomic E-state index is 0.0158. The first-order chi connectivity index (χ1) is 16.4. The highest BCUT2D eigenvalue weighted by molar-refractivity contribution is 5.99. The smallest absolute Gasteiger partial charge is 0.259 e. The zero-order valence-corrected chi connectivity index (χ0v) is 19.6. The van der Waals surface area contributed by atoms with Crippen LogP contribution >= 0.6 is 0 Å². The van der Waals surface area contributed by atoms with Crippen molar-refractivity contribution >= 4 is 11.8 Å². The van der Waals surface area contributed by atoms with Crippen LogP contribution in [0.25, 0.3) is 0 Å². The largest absolute Gasteiger partial charge is 0.467 e. The van der Waals surface area contributed by atoms with Crippen LogP contribution in [0.1, 0.15) is 71.2 Å². The van der Waals surface area contributed by atoms with Crippen LogP contribution in [-0.2, 0) is 13.1 Å². The molecule has 34 heavy (non-hydrogen) atoms. The maximum absolute atomic E-state index is 13.7. The molecule has 3 aromatic rings. The molecule has 0 saturated carbocycles. The number of pyridine rings is 2. The third kappa shape index (κ3) is 5.27. The molecule has 1 aliphatic heterocycles. The summed E-state index contributed by atoms with van der Waals surface area (Å²) in [6.07, 6.45) is 10.8. The van der Waals surface area contributed by atoms with E-state index in [-0.39, 0.29) is 35.5 Å². The molecule has 2 amide bonds. The molecule has 3 aromatic heterocycles. The van der Waals surface area contributed by atoms with Gasteiger partial charge in [0.15, 0.2) is 0 Å². The van der Waals surface area contributed by atoms with Gasteiger partial charge in [0.25, 0.3) is 11.8 Å². The minimum Gasteiger partial charge on any atom is -0.467 e. The topological polar surface area (TPSA) is 97.4 Å². The lowest BCUT2D eigenvalue weighted by Gasteiger charge is -2.36. The van der Waals surface area contributed by atoms with E-state index >= 15 is 0 Å². The van der Waals surface area contributed by atoms with Gasteiger partial charge in [-0.2, -0.15) is 0 Å². The molecule has 0 bridgehead atoms. The summed E-state index contributed by atoms with van der Waals surface area (Å²) in [6, 6.07) is 7.13. The lowest BCUT2D eigenvalue weighted by molar-refractivity contribution is 0.0608. The van der Waals surface area contributed by atoms with Crippen LogP contribution in [0.2, 0.25) is 0 Å². The second-order valence-electron chi connectivity index (χ2n) is 9.06. The highest BCUT2D eigenvalue weighted by atomic mass is 16.3. The van der Waals surface area contributed by atoms with E-state index in [9.17, 15) is 14.4 Å². The van der Waals surface area contributed by atoms with Crippen LogP contribution in [0.5, 0.6) is 0 Å². The predicted molar refractivity (Wildman–Crippen MR) is 127 cm³/mol. The standard InChI is InChI=1S/C26H30N4O4/c1-18(2)15-29-16-21(25(32)28-14-20-8-6-12-34-20)24(31)22(17-29)26(33)30-11-4-3-9-23(30)19-7-5-10-27-13-19/h5-8,10,12-13,16-18,23H,3-4,9,11,14-15H2,1-2H3,(H,28,32)/t23-/m0/s1. The van der Waals surface area contributed by atoms with Gasteiger partial charge >= 0.3 is 0 Å². The molecule has 0 spiro atoms. The highest BCUT2D eigenvalue weighted by Crippen LogP contribution is 2.31. The van der Waals surface area contributed by atoms with Crippen LogP contribution < -0.4 is 10.7 Å². The maximum Gasteiger partial charge on any atom is 0.259 e. The lowest BCUT2D eigenvalue weighted by atomic mass is 9.95. The molecule has 0 aliphatic carbocycles. The molecule has 178 valence electrons. The van der Waals surface area contributed by atoms with Gasteiger partial charge in [0.1, 0.15) is 16.9 Å². The number of amides is 2. The molecule has 1 atom stereocenters. The minimum atomic E-state index is -0.558. The average molecular weight is 463 g/mol. The molecule has 4 rings (SSSR count). The Morgan fingerprint density at radius 3 is 2.71 bits per heavy atom. The predicted octanol–water partition coefficient (Wildman–Crippen LogP) is 3.79. The van der Waals surface area contributed by atoms with Crippen LogP contribution in [0, 0.1) is 5.92 Å². The van der Waals surface area contributed by atoms with Gasteiger partial charge in [-0.3, -0.25) is 19.4 Å². The van der Waals surface area contributed by atoms with Crippen LogP contribution in [0.4, 0.5) is 0 Å². The first kappa shape index (κ1) is 23.5. The van der Waals surface area contributed by atoms with E-state index in [2.05, 4.69) is 10.3 Å². The molecular weight excluding hydrogens is 432 g/mol. The normalized spacial score (nSPS) is 16.0. The molecule has 4 heterocycles. The highest BCUT2D eigenvalue weighted by Gasteiger charge is 2.31. The summed E-state index contributed by atoms with van der Waals surface area (Å²) in [5, 5.41) is 2.72. The number of piperidine rings is 1. The van der Waals surface area contributed by atoms with Crippen molar-refractivity contribution in [3.05, 3.63) is 88.0 Å². The average Bonchev–Trinajstić information content (AvgIpc) is 3.37. The van der Waals surface area contributed by atoms with E-state index < -0.39 is 11.3 Å². The molecule has 1 aliphatic rings. The molecule has 8 heteroatoms. The summed E-state index contributed by atoms with van der Waals surface area (Å²) in [5.74, 6) is -0.0360. The zero-order valence-electron chi connectivity index (χ0n) is 19.6. The van der Waals surface area contributed by atoms with Crippen molar-refractivity contribution in [3.63, 3.8) is 0 Å². The summed E-state index contributed by atoms with van der Waals surface area (Å²) >= 11 is 0. The second-order valence-corrected chi connectivity index (χ2v) is 9.06. The summed E-state index contributed by atoms with van der Waals surface area (Å²) in [7, 11) is 0. The van der Waals surface area contributed by atoms with Crippen molar-refractivity contribution in [2.24, 2.45) is 5.92 Å². The fourth-order valence-corrected chi connectivity index (χ4v) is 4.40. The number of carbonyl (C=O) groups excluding carboxylic acids is 2. The van der Waals surface area contributed by atoms with E-state index in [0.717, 1.165) is 24.8 Å². The van der Waals surface area contributed by atoms with Gasteiger partial charge in [0.2, 0.25) is 5.43 Å². The van der Waals surface area contributed by atoms with Crippen molar-refractivity contribution < 1.29 is 14.0 Å². The first-order valence-electron chi connectivity index (χ1n) is 11.7. The van der Waals surface area contributed by atoms with Crippen molar-refractivity contribution in [1.29, 1.82) is 0 Å². The van der Waals surface area contributed by atoms with E-state index in [0.29, 0.717) is 18.8 Å². The summed E-state index contributed by atoms with van der Waals surface area (Å²) in [5.41, 5.74) is 0.359. The fourth-order valence-electron chi connectivity index (χ4n) is 4.40. The van der Waals surface area contributed by atoms with Crippen LogP contribution in [0.3, 0.4) is 0 Å². The van der Waals surface area contributed by atoms with Gasteiger partial charge in [-0.25, -0.2) is 0 Å². The number of hydrogen-bond acceptors (Lipinski definition) is 5. The Kier molecular flexibility index (Phi) is 7.25. The number of rotatable bonds is 7. The Hall–Kier alpha value is -3.68. The molecule has 1 saturated heterocycles. The maximum atomic E-state index is 13.7. The Morgan fingerprint density at radius 2 is 2.00 bits per heavy atom. The van der Waals surface area contributed by atoms with E-state index in [4.69, 9.17) is 4.42 Å². The summed E-state index contributed by atoms with van der Waals surface area (Å²) < 4.78 is 7.03. The number of hydrogen-bond donors (Lipinski definition) is 1. The van der Waals surface area contributed by atoms with Gasteiger partial charge in [-0.05, 0) is 48.9 Å². The van der Waals surface area contributed by atoms with Crippen molar-refractivity contribution in [1.82, 2.24) is 19.8 Å². The molecule has 0 aromatic carbocycles. The Morgan fingerprint density at radius 1 is 1.18 bits per heavy atom. The van der Waals surface area contributed by atoms with Gasteiger partial charge in [0.05, 0.1) is 18.8 Å². The Bertz CT molecular complexity index is 1190. The van der Waals surface area contributed by atoms with Crippen LogP contribution in [0.15, 0.2) is 64.5 Å². The van der Waals surface area contributed by atoms with E-state index in [1.807, 2.05) is 26.0 Å². The number of aromatic nitrogens is 2. The number of carbonyl (C=O) groups is 2. The zero-order chi connectivity index (χ0) is 24.1. The number of furan rings is 1. The Balaban J connectivity index is 1.67. The Labute approximate surface area is 198 Å². The second kappa shape index (κ2) is 10.5. The van der Waals surface area contributed by atoms with Crippen molar-refractivity contribution in [2.45, 2.75) is 52.2 Å². The van der Waals surface area contributed by atoms with Gasteiger partial charge in [0, 0.05) is 37.9 Å². The van der Waals surface area contributed by atoms with Crippen molar-refractivity contribution in [2.75, 3.05) is 6.54 Å². The monoisotopic (exact) mass is 462 g/mol. The lowest BCUT2D eigenvalue weighted by Crippen LogP contribution is -2.42. The molecule has 1 N–H and O–H groups in total.